The highest BCUT2D eigenvalue weighted by Crippen LogP contribution is 2.32. The second kappa shape index (κ2) is 10.1. The molecule has 0 aliphatic carbocycles. The van der Waals surface area contributed by atoms with Crippen LogP contribution in [0.2, 0.25) is 0 Å². The van der Waals surface area contributed by atoms with Crippen molar-refractivity contribution in [2.45, 2.75) is 12.6 Å². The van der Waals surface area contributed by atoms with E-state index in [9.17, 15) is 27.2 Å². The van der Waals surface area contributed by atoms with Crippen molar-refractivity contribution < 1.29 is 27.2 Å². The number of halogens is 4. The Kier molecular flexibility index (Phi) is 6.99. The Hall–Kier alpha value is -3.96. The van der Waals surface area contributed by atoms with Crippen LogP contribution >= 0.6 is 0 Å². The fourth-order valence-electron chi connectivity index (χ4n) is 3.83. The van der Waals surface area contributed by atoms with Crippen molar-refractivity contribution in [3.05, 3.63) is 71.8 Å². The molecule has 35 heavy (non-hydrogen) atoms. The number of hydrogen-bond acceptors (Lipinski definition) is 5. The number of anilines is 1. The highest BCUT2D eigenvalue weighted by molar-refractivity contribution is 5.93. The average Bonchev–Trinajstić information content (AvgIpc) is 3.31. The molecule has 1 N–H and O–H groups in total. The lowest BCUT2D eigenvalue weighted by Crippen LogP contribution is -2.49. The maximum atomic E-state index is 13.7. The lowest BCUT2D eigenvalue weighted by atomic mass is 10.2. The van der Waals surface area contributed by atoms with Crippen LogP contribution in [0.1, 0.15) is 22.6 Å². The zero-order valence-corrected chi connectivity index (χ0v) is 18.5. The molecule has 1 aliphatic heterocycles. The Morgan fingerprint density at radius 3 is 2.20 bits per heavy atom. The standard InChI is InChI=1S/C23H22F4N6O2/c24-16-6-8-18(9-7-16)33-21(23(25,26)27)20(29-30-33)22(35)28-11-10-19(34)32-14-12-31(13-15-32)17-4-2-1-3-5-17/h1-9H,10-15H2,(H,28,35). The van der Waals surface area contributed by atoms with Crippen molar-refractivity contribution in [1.29, 1.82) is 0 Å². The molecule has 4 rings (SSSR count). The van der Waals surface area contributed by atoms with Crippen LogP contribution < -0.4 is 10.2 Å². The normalized spacial score (nSPS) is 14.2. The Balaban J connectivity index is 1.34. The number of carbonyl (C=O) groups excluding carboxylic acids is 2. The Bertz CT molecular complexity index is 1170. The molecule has 0 spiro atoms. The van der Waals surface area contributed by atoms with Crippen molar-refractivity contribution in [3.63, 3.8) is 0 Å². The quantitative estimate of drug-likeness (QED) is 0.538. The Labute approximate surface area is 198 Å². The molecule has 0 saturated carbocycles. The number of amides is 2. The molecular formula is C23H22F4N6O2. The lowest BCUT2D eigenvalue weighted by Gasteiger charge is -2.36. The second-order valence-electron chi connectivity index (χ2n) is 7.88. The number of nitrogens with zero attached hydrogens (tertiary/aromatic N) is 5. The highest BCUT2D eigenvalue weighted by atomic mass is 19.4. The molecule has 2 heterocycles. The molecule has 2 amide bonds. The summed E-state index contributed by atoms with van der Waals surface area (Å²) in [6, 6.07) is 13.9. The summed E-state index contributed by atoms with van der Waals surface area (Å²) in [4.78, 5) is 28.8. The van der Waals surface area contributed by atoms with Crippen LogP contribution in [0.4, 0.5) is 23.2 Å². The first-order valence-corrected chi connectivity index (χ1v) is 10.9. The van der Waals surface area contributed by atoms with Crippen molar-refractivity contribution in [2.75, 3.05) is 37.6 Å². The van der Waals surface area contributed by atoms with Crippen molar-refractivity contribution in [2.24, 2.45) is 0 Å². The number of nitrogens with one attached hydrogen (secondary N) is 1. The minimum absolute atomic E-state index is 0.0650. The van der Waals surface area contributed by atoms with E-state index >= 15 is 0 Å². The van der Waals surface area contributed by atoms with E-state index in [1.165, 1.54) is 0 Å². The predicted octanol–water partition coefficient (Wildman–Crippen LogP) is 2.89. The van der Waals surface area contributed by atoms with E-state index in [0.29, 0.717) is 30.9 Å². The third-order valence-electron chi connectivity index (χ3n) is 5.60. The molecule has 3 aromatic rings. The van der Waals surface area contributed by atoms with Gasteiger partial charge < -0.3 is 15.1 Å². The number of para-hydroxylation sites is 1. The largest absolute Gasteiger partial charge is 0.435 e. The van der Waals surface area contributed by atoms with Gasteiger partial charge in [-0.05, 0) is 36.4 Å². The van der Waals surface area contributed by atoms with E-state index in [0.717, 1.165) is 30.0 Å². The number of piperazine rings is 1. The zero-order valence-electron chi connectivity index (χ0n) is 18.5. The van der Waals surface area contributed by atoms with Crippen LogP contribution in [0.25, 0.3) is 5.69 Å². The van der Waals surface area contributed by atoms with Crippen molar-refractivity contribution in [3.8, 4) is 5.69 Å². The van der Waals surface area contributed by atoms with Gasteiger partial charge in [-0.15, -0.1) is 5.10 Å². The van der Waals surface area contributed by atoms with Crippen LogP contribution in [-0.4, -0.2) is 64.4 Å². The lowest BCUT2D eigenvalue weighted by molar-refractivity contribution is -0.143. The van der Waals surface area contributed by atoms with E-state index in [2.05, 4.69) is 20.5 Å². The van der Waals surface area contributed by atoms with E-state index in [-0.39, 0.29) is 24.6 Å². The zero-order chi connectivity index (χ0) is 25.0. The van der Waals surface area contributed by atoms with Crippen molar-refractivity contribution >= 4 is 17.5 Å². The van der Waals surface area contributed by atoms with Gasteiger partial charge in [0.2, 0.25) is 5.91 Å². The van der Waals surface area contributed by atoms with Gasteiger partial charge in [0.25, 0.3) is 5.91 Å². The molecule has 1 aliphatic rings. The molecule has 2 aromatic carbocycles. The van der Waals surface area contributed by atoms with Gasteiger partial charge in [-0.3, -0.25) is 9.59 Å². The molecule has 1 fully saturated rings. The minimum atomic E-state index is -4.95. The third-order valence-corrected chi connectivity index (χ3v) is 5.60. The van der Waals surface area contributed by atoms with Crippen LogP contribution in [0.5, 0.6) is 0 Å². The van der Waals surface area contributed by atoms with Gasteiger partial charge in [-0.1, -0.05) is 23.4 Å². The number of rotatable bonds is 6. The van der Waals surface area contributed by atoms with Crippen LogP contribution in [0.3, 0.4) is 0 Å². The molecule has 1 saturated heterocycles. The van der Waals surface area contributed by atoms with Gasteiger partial charge in [0.05, 0.1) is 5.69 Å². The molecule has 184 valence electrons. The minimum Gasteiger partial charge on any atom is -0.368 e. The molecular weight excluding hydrogens is 468 g/mol. The molecule has 0 unspecified atom stereocenters. The first kappa shape index (κ1) is 24.2. The first-order chi connectivity index (χ1) is 16.7. The Morgan fingerprint density at radius 2 is 1.57 bits per heavy atom. The highest BCUT2D eigenvalue weighted by Gasteiger charge is 2.42. The van der Waals surface area contributed by atoms with Gasteiger partial charge >= 0.3 is 6.18 Å². The molecule has 12 heteroatoms. The maximum Gasteiger partial charge on any atom is 0.435 e. The third kappa shape index (κ3) is 5.58. The van der Waals surface area contributed by atoms with E-state index in [4.69, 9.17) is 0 Å². The summed E-state index contributed by atoms with van der Waals surface area (Å²) in [5.74, 6) is -1.94. The SMILES string of the molecule is O=C(NCCC(=O)N1CCN(c2ccccc2)CC1)c1nnn(-c2ccc(F)cc2)c1C(F)(F)F. The summed E-state index contributed by atoms with van der Waals surface area (Å²) in [7, 11) is 0. The number of aromatic nitrogens is 3. The summed E-state index contributed by atoms with van der Waals surface area (Å²) in [5.41, 5.74) is -1.34. The summed E-state index contributed by atoms with van der Waals surface area (Å²) in [6.45, 7) is 2.17. The van der Waals surface area contributed by atoms with Gasteiger partial charge in [0.15, 0.2) is 11.4 Å². The van der Waals surface area contributed by atoms with E-state index in [1.807, 2.05) is 30.3 Å². The topological polar surface area (TPSA) is 83.4 Å². The number of hydrogen-bond donors (Lipinski definition) is 1. The van der Waals surface area contributed by atoms with Crippen LogP contribution in [0.15, 0.2) is 54.6 Å². The number of carbonyl (C=O) groups is 2. The summed E-state index contributed by atoms with van der Waals surface area (Å²) in [5, 5.41) is 9.15. The smallest absolute Gasteiger partial charge is 0.368 e. The van der Waals surface area contributed by atoms with Gasteiger partial charge in [0.1, 0.15) is 5.82 Å². The molecule has 0 atom stereocenters. The fourth-order valence-corrected chi connectivity index (χ4v) is 3.83. The van der Waals surface area contributed by atoms with Gasteiger partial charge in [0, 0.05) is 44.8 Å². The number of alkyl halides is 3. The summed E-state index contributed by atoms with van der Waals surface area (Å²) < 4.78 is 54.7. The summed E-state index contributed by atoms with van der Waals surface area (Å²) >= 11 is 0. The molecule has 0 bridgehead atoms. The van der Waals surface area contributed by atoms with Crippen LogP contribution in [-0.2, 0) is 11.0 Å². The van der Waals surface area contributed by atoms with Crippen LogP contribution in [0, 0.1) is 5.82 Å². The first-order valence-electron chi connectivity index (χ1n) is 10.9. The number of benzene rings is 2. The second-order valence-corrected chi connectivity index (χ2v) is 7.88. The average molecular weight is 490 g/mol. The molecule has 8 nitrogen and oxygen atoms in total. The molecule has 0 radical (unpaired) electrons. The van der Waals surface area contributed by atoms with Gasteiger partial charge in [-0.2, -0.15) is 13.2 Å². The maximum absolute atomic E-state index is 13.7. The Morgan fingerprint density at radius 1 is 0.914 bits per heavy atom. The summed E-state index contributed by atoms with van der Waals surface area (Å²) in [6.07, 6.45) is -5.01. The van der Waals surface area contributed by atoms with E-state index < -0.39 is 29.3 Å². The van der Waals surface area contributed by atoms with E-state index in [1.54, 1.807) is 4.90 Å². The van der Waals surface area contributed by atoms with Crippen molar-refractivity contribution in [1.82, 2.24) is 25.2 Å². The predicted molar refractivity (Wildman–Crippen MR) is 119 cm³/mol. The molecule has 1 aromatic heterocycles. The monoisotopic (exact) mass is 490 g/mol. The van der Waals surface area contributed by atoms with Gasteiger partial charge in [-0.25, -0.2) is 9.07 Å². The fraction of sp³-hybridized carbons (Fsp3) is 0.304.